The summed E-state index contributed by atoms with van der Waals surface area (Å²) in [5.41, 5.74) is 16.5. The van der Waals surface area contributed by atoms with Gasteiger partial charge in [-0.2, -0.15) is 0 Å². The zero-order valence-electron chi connectivity index (χ0n) is 28.0. The van der Waals surface area contributed by atoms with Gasteiger partial charge in [0.2, 0.25) is 0 Å². The fourth-order valence-electron chi connectivity index (χ4n) is 9.27. The lowest BCUT2D eigenvalue weighted by molar-refractivity contribution is 0.794. The average molecular weight is 668 g/mol. The molecule has 2 heteroatoms. The predicted octanol–water partition coefficient (Wildman–Crippen LogP) is 13.6. The van der Waals surface area contributed by atoms with Crippen molar-refractivity contribution in [2.24, 2.45) is 0 Å². The van der Waals surface area contributed by atoms with Gasteiger partial charge in [-0.15, -0.1) is 11.3 Å². The molecule has 240 valence electrons. The number of hydrogen-bond donors (Lipinski definition) is 0. The van der Waals surface area contributed by atoms with Crippen LogP contribution in [0.5, 0.6) is 0 Å². The summed E-state index contributed by atoms with van der Waals surface area (Å²) in [6.45, 7) is 0. The molecule has 0 atom stereocenters. The van der Waals surface area contributed by atoms with Crippen LogP contribution >= 0.6 is 11.3 Å². The fourth-order valence-corrected chi connectivity index (χ4v) is 10.5. The van der Waals surface area contributed by atoms with Crippen molar-refractivity contribution in [1.82, 2.24) is 0 Å². The largest absolute Gasteiger partial charge is 0.308 e. The topological polar surface area (TPSA) is 3.24 Å². The van der Waals surface area contributed by atoms with Crippen molar-refractivity contribution in [1.29, 1.82) is 0 Å². The number of hydrogen-bond acceptors (Lipinski definition) is 2. The zero-order valence-corrected chi connectivity index (χ0v) is 28.8. The molecule has 0 unspecified atom stereocenters. The van der Waals surface area contributed by atoms with E-state index in [0.717, 1.165) is 18.5 Å². The van der Waals surface area contributed by atoms with Gasteiger partial charge in [-0.1, -0.05) is 146 Å². The predicted molar refractivity (Wildman–Crippen MR) is 217 cm³/mol. The van der Waals surface area contributed by atoms with Gasteiger partial charge in [0.05, 0.1) is 21.5 Å². The summed E-state index contributed by atoms with van der Waals surface area (Å²) in [7, 11) is 0. The molecule has 3 aliphatic rings. The second-order valence-electron chi connectivity index (χ2n) is 13.9. The Balaban J connectivity index is 1.21. The van der Waals surface area contributed by atoms with Gasteiger partial charge in [-0.25, -0.2) is 0 Å². The number of rotatable bonds is 4. The highest BCUT2D eigenvalue weighted by molar-refractivity contribution is 7.26. The third-order valence-electron chi connectivity index (χ3n) is 11.3. The van der Waals surface area contributed by atoms with E-state index in [0.29, 0.717) is 0 Å². The molecule has 0 saturated carbocycles. The first-order chi connectivity index (χ1) is 25.3. The quantitative estimate of drug-likeness (QED) is 0.181. The summed E-state index contributed by atoms with van der Waals surface area (Å²) in [6, 6.07) is 59.1. The first kappa shape index (κ1) is 28.8. The molecule has 51 heavy (non-hydrogen) atoms. The molecule has 1 heterocycles. The smallest absolute Gasteiger partial charge is 0.0725 e. The fraction of sp³-hybridized carbons (Fsp3) is 0.0612. The van der Waals surface area contributed by atoms with E-state index in [1.54, 1.807) is 0 Å². The van der Waals surface area contributed by atoms with Gasteiger partial charge in [0.15, 0.2) is 0 Å². The molecule has 3 aliphatic carbocycles. The minimum atomic E-state index is -0.358. The molecule has 1 nitrogen and oxygen atoms in total. The van der Waals surface area contributed by atoms with Crippen LogP contribution in [0.25, 0.3) is 48.0 Å². The van der Waals surface area contributed by atoms with Crippen LogP contribution in [0.2, 0.25) is 0 Å². The Morgan fingerprint density at radius 1 is 0.471 bits per heavy atom. The van der Waals surface area contributed by atoms with E-state index >= 15 is 0 Å². The summed E-state index contributed by atoms with van der Waals surface area (Å²) >= 11 is 1.89. The highest BCUT2D eigenvalue weighted by atomic mass is 32.1. The molecular formula is C49H33NS. The number of thiophene rings is 1. The first-order valence-corrected chi connectivity index (χ1v) is 18.7. The molecule has 11 rings (SSSR count). The molecule has 0 amide bonds. The minimum absolute atomic E-state index is 0.358. The summed E-state index contributed by atoms with van der Waals surface area (Å²) in [5, 5.41) is 2.62. The van der Waals surface area contributed by atoms with Crippen LogP contribution in [0.3, 0.4) is 0 Å². The van der Waals surface area contributed by atoms with Crippen molar-refractivity contribution in [2.45, 2.75) is 18.3 Å². The molecule has 0 radical (unpaired) electrons. The van der Waals surface area contributed by atoms with E-state index < -0.39 is 0 Å². The van der Waals surface area contributed by atoms with Crippen molar-refractivity contribution in [2.75, 3.05) is 4.90 Å². The van der Waals surface area contributed by atoms with Crippen LogP contribution in [-0.4, -0.2) is 0 Å². The Kier molecular flexibility index (Phi) is 6.23. The van der Waals surface area contributed by atoms with Gasteiger partial charge in [-0.3, -0.25) is 0 Å². The number of benzene rings is 7. The maximum atomic E-state index is 2.53. The Morgan fingerprint density at radius 3 is 1.78 bits per heavy atom. The van der Waals surface area contributed by atoms with Gasteiger partial charge in [0.25, 0.3) is 0 Å². The highest BCUT2D eigenvalue weighted by Crippen LogP contribution is 2.63. The summed E-state index contributed by atoms with van der Waals surface area (Å²) in [5.74, 6) is 0. The van der Waals surface area contributed by atoms with E-state index in [2.05, 4.69) is 181 Å². The standard InChI is InChI=1S/C49H33NS/c1-2-15-32(16-3-1)34-17-7-12-26-45(34)50(46-27-14-22-39-38-21-8-13-28-47(38)51-48(39)46)33-29-30-44-40(31-33)37-20-6-11-25-43(37)49(44)41-23-9-4-18-35(41)36-19-5-10-24-42(36)49/h2,4-31H,1,3H2. The van der Waals surface area contributed by atoms with Crippen LogP contribution in [0.4, 0.5) is 17.1 Å². The molecular weight excluding hydrogens is 635 g/mol. The molecule has 1 aromatic heterocycles. The van der Waals surface area contributed by atoms with Crippen LogP contribution in [-0.2, 0) is 5.41 Å². The maximum Gasteiger partial charge on any atom is 0.0725 e. The molecule has 1 spiro atoms. The monoisotopic (exact) mass is 667 g/mol. The van der Waals surface area contributed by atoms with Crippen molar-refractivity contribution in [3.05, 3.63) is 204 Å². The van der Waals surface area contributed by atoms with Crippen LogP contribution < -0.4 is 4.90 Å². The van der Waals surface area contributed by atoms with Crippen LogP contribution in [0, 0.1) is 0 Å². The van der Waals surface area contributed by atoms with Crippen molar-refractivity contribution in [3.8, 4) is 22.3 Å². The van der Waals surface area contributed by atoms with Gasteiger partial charge in [0, 0.05) is 26.7 Å². The third-order valence-corrected chi connectivity index (χ3v) is 12.5. The second kappa shape index (κ2) is 11.0. The molecule has 0 saturated heterocycles. The van der Waals surface area contributed by atoms with E-state index in [9.17, 15) is 0 Å². The Morgan fingerprint density at radius 2 is 1.06 bits per heavy atom. The molecule has 7 aromatic carbocycles. The number of fused-ring (bicyclic) bond motifs is 13. The minimum Gasteiger partial charge on any atom is -0.308 e. The SMILES string of the molecule is C1=CC(c2ccccc2N(c2ccc3c(c2)-c2ccccc2C32c3ccccc3-c3ccccc32)c2cccc3c2sc2ccccc23)=CCC1. The summed E-state index contributed by atoms with van der Waals surface area (Å²) < 4.78 is 2.62. The van der Waals surface area contributed by atoms with E-state index in [1.165, 1.54) is 87.2 Å². The number of allylic oxidation sites excluding steroid dienone is 4. The van der Waals surface area contributed by atoms with Gasteiger partial charge in [0.1, 0.15) is 0 Å². The summed E-state index contributed by atoms with van der Waals surface area (Å²) in [6.07, 6.45) is 9.17. The molecule has 0 N–H and O–H groups in total. The number of para-hydroxylation sites is 1. The van der Waals surface area contributed by atoms with Gasteiger partial charge in [-0.05, 0) is 93.3 Å². The molecule has 0 bridgehead atoms. The Bertz CT molecular complexity index is 2730. The first-order valence-electron chi connectivity index (χ1n) is 17.9. The van der Waals surface area contributed by atoms with E-state index in [4.69, 9.17) is 0 Å². The zero-order chi connectivity index (χ0) is 33.5. The Hall–Kier alpha value is -5.96. The molecule has 0 fully saturated rings. The van der Waals surface area contributed by atoms with Gasteiger partial charge < -0.3 is 4.90 Å². The van der Waals surface area contributed by atoms with Crippen molar-refractivity contribution >= 4 is 54.1 Å². The number of nitrogens with zero attached hydrogens (tertiary/aromatic N) is 1. The van der Waals surface area contributed by atoms with E-state index in [1.807, 2.05) is 11.3 Å². The van der Waals surface area contributed by atoms with Crippen LogP contribution in [0.1, 0.15) is 40.7 Å². The molecule has 8 aromatic rings. The normalized spacial score (nSPS) is 14.7. The van der Waals surface area contributed by atoms with Crippen molar-refractivity contribution in [3.63, 3.8) is 0 Å². The average Bonchev–Trinajstić information content (AvgIpc) is 3.83. The number of anilines is 3. The lowest BCUT2D eigenvalue weighted by Crippen LogP contribution is -2.25. The lowest BCUT2D eigenvalue weighted by atomic mass is 9.70. The van der Waals surface area contributed by atoms with E-state index in [-0.39, 0.29) is 5.41 Å². The summed E-state index contributed by atoms with van der Waals surface area (Å²) in [4.78, 5) is 2.53. The molecule has 0 aliphatic heterocycles. The van der Waals surface area contributed by atoms with Crippen LogP contribution in [0.15, 0.2) is 176 Å². The Labute approximate surface area is 302 Å². The lowest BCUT2D eigenvalue weighted by Gasteiger charge is -2.32. The maximum absolute atomic E-state index is 2.53. The highest BCUT2D eigenvalue weighted by Gasteiger charge is 2.51. The third kappa shape index (κ3) is 3.97. The van der Waals surface area contributed by atoms with Crippen molar-refractivity contribution < 1.29 is 0 Å². The van der Waals surface area contributed by atoms with Gasteiger partial charge >= 0.3 is 0 Å². The second-order valence-corrected chi connectivity index (χ2v) is 14.9.